The molecule has 0 aliphatic carbocycles. The van der Waals surface area contributed by atoms with E-state index in [1.807, 2.05) is 0 Å². The van der Waals surface area contributed by atoms with Gasteiger partial charge in [-0.2, -0.15) is 0 Å². The van der Waals surface area contributed by atoms with E-state index in [2.05, 4.69) is 41.5 Å². The van der Waals surface area contributed by atoms with Crippen molar-refractivity contribution < 1.29 is 0 Å². The van der Waals surface area contributed by atoms with Gasteiger partial charge in [-0.1, -0.05) is 24.3 Å². The molecule has 0 aromatic heterocycles. The molecule has 2 atom stereocenters. The van der Waals surface area contributed by atoms with E-state index in [9.17, 15) is 0 Å². The highest BCUT2D eigenvalue weighted by molar-refractivity contribution is 5.33. The van der Waals surface area contributed by atoms with Gasteiger partial charge in [0, 0.05) is 12.6 Å². The summed E-state index contributed by atoms with van der Waals surface area (Å²) in [6.45, 7) is 2.39. The van der Waals surface area contributed by atoms with Crippen molar-refractivity contribution in [3.63, 3.8) is 0 Å². The minimum Gasteiger partial charge on any atom is -0.312 e. The zero-order valence-electron chi connectivity index (χ0n) is 9.95. The number of likely N-dealkylation sites (N-methyl/N-ethyl adjacent to an activating group) is 1. The van der Waals surface area contributed by atoms with Crippen LogP contribution in [0.5, 0.6) is 0 Å². The smallest absolute Gasteiger partial charge is 0.0501 e. The van der Waals surface area contributed by atoms with Crippen LogP contribution in [0.25, 0.3) is 0 Å². The molecule has 3 rings (SSSR count). The van der Waals surface area contributed by atoms with Gasteiger partial charge in [0.2, 0.25) is 0 Å². The highest BCUT2D eigenvalue weighted by Gasteiger charge is 2.32. The Kier molecular flexibility index (Phi) is 2.70. The molecule has 2 heterocycles. The van der Waals surface area contributed by atoms with Crippen LogP contribution in [0.3, 0.4) is 0 Å². The molecular formula is C14H20N2. The Labute approximate surface area is 97.6 Å². The van der Waals surface area contributed by atoms with Crippen molar-refractivity contribution in [2.45, 2.75) is 31.3 Å². The van der Waals surface area contributed by atoms with Crippen LogP contribution < -0.4 is 5.32 Å². The molecule has 0 amide bonds. The van der Waals surface area contributed by atoms with Crippen LogP contribution in [0.15, 0.2) is 24.3 Å². The highest BCUT2D eigenvalue weighted by Crippen LogP contribution is 2.33. The Bertz CT molecular complexity index is 369. The van der Waals surface area contributed by atoms with Crippen molar-refractivity contribution >= 4 is 0 Å². The van der Waals surface area contributed by atoms with E-state index in [0.29, 0.717) is 12.1 Å². The fourth-order valence-electron chi connectivity index (χ4n) is 3.23. The summed E-state index contributed by atoms with van der Waals surface area (Å²) in [4.78, 5) is 2.52. The van der Waals surface area contributed by atoms with Crippen LogP contribution in [0, 0.1) is 0 Å². The van der Waals surface area contributed by atoms with Crippen LogP contribution >= 0.6 is 0 Å². The van der Waals surface area contributed by atoms with Crippen LogP contribution in [0.2, 0.25) is 0 Å². The number of hydrogen-bond acceptors (Lipinski definition) is 2. The van der Waals surface area contributed by atoms with E-state index >= 15 is 0 Å². The second-order valence-corrected chi connectivity index (χ2v) is 5.08. The molecule has 16 heavy (non-hydrogen) atoms. The minimum absolute atomic E-state index is 0.590. The molecule has 1 N–H and O–H groups in total. The molecule has 0 spiro atoms. The third-order valence-electron chi connectivity index (χ3n) is 4.06. The lowest BCUT2D eigenvalue weighted by Gasteiger charge is -2.38. The number of nitrogens with zero attached hydrogens (tertiary/aromatic N) is 1. The molecule has 1 aromatic rings. The second kappa shape index (κ2) is 4.19. The summed E-state index contributed by atoms with van der Waals surface area (Å²) in [5.74, 6) is 0. The Balaban J connectivity index is 1.96. The van der Waals surface area contributed by atoms with Crippen LogP contribution in [0.1, 0.15) is 30.0 Å². The molecule has 1 aromatic carbocycles. The standard InChI is InChI=1S/C14H20N2/c1-16-10-8-11-5-2-3-6-12(11)14(16)13-7-4-9-15-13/h2-3,5-6,13-15H,4,7-10H2,1H3. The largest absolute Gasteiger partial charge is 0.312 e. The maximum absolute atomic E-state index is 3.66. The van der Waals surface area contributed by atoms with Crippen molar-refractivity contribution in [2.24, 2.45) is 0 Å². The Morgan fingerprint density at radius 1 is 1.31 bits per heavy atom. The van der Waals surface area contributed by atoms with Crippen molar-refractivity contribution in [2.75, 3.05) is 20.1 Å². The predicted molar refractivity (Wildman–Crippen MR) is 66.5 cm³/mol. The summed E-state index contributed by atoms with van der Waals surface area (Å²) in [5, 5.41) is 3.66. The van der Waals surface area contributed by atoms with Gasteiger partial charge in [0.25, 0.3) is 0 Å². The van der Waals surface area contributed by atoms with Gasteiger partial charge in [0.05, 0.1) is 6.04 Å². The van der Waals surface area contributed by atoms with Crippen molar-refractivity contribution in [3.05, 3.63) is 35.4 Å². The molecule has 2 nitrogen and oxygen atoms in total. The maximum atomic E-state index is 3.66. The highest BCUT2D eigenvalue weighted by atomic mass is 15.2. The summed E-state index contributed by atoms with van der Waals surface area (Å²) in [5.41, 5.74) is 3.11. The lowest BCUT2D eigenvalue weighted by molar-refractivity contribution is 0.190. The molecule has 0 radical (unpaired) electrons. The van der Waals surface area contributed by atoms with Gasteiger partial charge in [-0.25, -0.2) is 0 Å². The van der Waals surface area contributed by atoms with Crippen molar-refractivity contribution in [3.8, 4) is 0 Å². The number of nitrogens with one attached hydrogen (secondary N) is 1. The third kappa shape index (κ3) is 1.66. The molecule has 0 saturated carbocycles. The summed E-state index contributed by atoms with van der Waals surface area (Å²) < 4.78 is 0. The first kappa shape index (κ1) is 10.3. The third-order valence-corrected chi connectivity index (χ3v) is 4.06. The number of benzene rings is 1. The maximum Gasteiger partial charge on any atom is 0.0501 e. The lowest BCUT2D eigenvalue weighted by Crippen LogP contribution is -2.42. The quantitative estimate of drug-likeness (QED) is 0.772. The number of fused-ring (bicyclic) bond motifs is 1. The summed E-state index contributed by atoms with van der Waals surface area (Å²) in [6, 6.07) is 10.2. The molecule has 2 aliphatic heterocycles. The first-order valence-electron chi connectivity index (χ1n) is 6.38. The van der Waals surface area contributed by atoms with E-state index in [1.54, 1.807) is 11.1 Å². The van der Waals surface area contributed by atoms with Gasteiger partial charge >= 0.3 is 0 Å². The SMILES string of the molecule is CN1CCc2ccccc2C1C1CCCN1. The first-order valence-corrected chi connectivity index (χ1v) is 6.38. The Morgan fingerprint density at radius 2 is 2.19 bits per heavy atom. The molecule has 2 heteroatoms. The van der Waals surface area contributed by atoms with Crippen LogP contribution in [-0.2, 0) is 6.42 Å². The molecule has 2 unspecified atom stereocenters. The van der Waals surface area contributed by atoms with Gasteiger partial charge in [0.1, 0.15) is 0 Å². The Morgan fingerprint density at radius 3 is 3.00 bits per heavy atom. The zero-order chi connectivity index (χ0) is 11.0. The number of hydrogen-bond donors (Lipinski definition) is 1. The Hall–Kier alpha value is -0.860. The predicted octanol–water partition coefficient (Wildman–Crippen LogP) is 1.97. The topological polar surface area (TPSA) is 15.3 Å². The monoisotopic (exact) mass is 216 g/mol. The second-order valence-electron chi connectivity index (χ2n) is 5.08. The fourth-order valence-corrected chi connectivity index (χ4v) is 3.23. The van der Waals surface area contributed by atoms with Crippen LogP contribution in [-0.4, -0.2) is 31.1 Å². The van der Waals surface area contributed by atoms with E-state index in [0.717, 1.165) is 0 Å². The zero-order valence-corrected chi connectivity index (χ0v) is 9.95. The number of rotatable bonds is 1. The lowest BCUT2D eigenvalue weighted by atomic mass is 9.88. The van der Waals surface area contributed by atoms with Gasteiger partial charge < -0.3 is 5.32 Å². The summed E-state index contributed by atoms with van der Waals surface area (Å²) in [6.07, 6.45) is 3.86. The summed E-state index contributed by atoms with van der Waals surface area (Å²) >= 11 is 0. The molecule has 86 valence electrons. The van der Waals surface area contributed by atoms with Crippen molar-refractivity contribution in [1.82, 2.24) is 10.2 Å². The average Bonchev–Trinajstić information content (AvgIpc) is 2.82. The van der Waals surface area contributed by atoms with E-state index in [-0.39, 0.29) is 0 Å². The van der Waals surface area contributed by atoms with E-state index in [1.165, 1.54) is 32.4 Å². The fraction of sp³-hybridized carbons (Fsp3) is 0.571. The summed E-state index contributed by atoms with van der Waals surface area (Å²) in [7, 11) is 2.26. The molecule has 0 bridgehead atoms. The molecular weight excluding hydrogens is 196 g/mol. The molecule has 1 saturated heterocycles. The van der Waals surface area contributed by atoms with Crippen molar-refractivity contribution in [1.29, 1.82) is 0 Å². The average molecular weight is 216 g/mol. The normalized spacial score (nSPS) is 30.3. The van der Waals surface area contributed by atoms with E-state index in [4.69, 9.17) is 0 Å². The molecule has 1 fully saturated rings. The first-order chi connectivity index (χ1) is 7.86. The van der Waals surface area contributed by atoms with Gasteiger partial charge in [0.15, 0.2) is 0 Å². The minimum atomic E-state index is 0.590. The van der Waals surface area contributed by atoms with Gasteiger partial charge in [-0.05, 0) is 44.0 Å². The van der Waals surface area contributed by atoms with Gasteiger partial charge in [-0.15, -0.1) is 0 Å². The van der Waals surface area contributed by atoms with Crippen LogP contribution in [0.4, 0.5) is 0 Å². The molecule has 2 aliphatic rings. The van der Waals surface area contributed by atoms with Gasteiger partial charge in [-0.3, -0.25) is 4.90 Å². The van der Waals surface area contributed by atoms with E-state index < -0.39 is 0 Å².